The molecule has 0 saturated carbocycles. The number of hydrogen-bond acceptors (Lipinski definition) is 4. The lowest BCUT2D eigenvalue weighted by Gasteiger charge is -2.25. The van der Waals surface area contributed by atoms with Crippen LogP contribution < -0.4 is 5.32 Å². The maximum absolute atomic E-state index is 5.62. The number of aliphatic imine (C=N–C) groups is 1. The molecule has 2 aliphatic heterocycles. The lowest BCUT2D eigenvalue weighted by atomic mass is 10.2. The number of likely N-dealkylation sites (tertiary alicyclic amines) is 2. The predicted molar refractivity (Wildman–Crippen MR) is 118 cm³/mol. The van der Waals surface area contributed by atoms with Crippen molar-refractivity contribution in [2.45, 2.75) is 31.8 Å². The summed E-state index contributed by atoms with van der Waals surface area (Å²) in [5.41, 5.74) is 1.89. The van der Waals surface area contributed by atoms with E-state index in [2.05, 4.69) is 25.1 Å². The summed E-state index contributed by atoms with van der Waals surface area (Å²) in [5.74, 6) is 1.61. The maximum atomic E-state index is 5.62. The topological polar surface area (TPSA) is 56.9 Å². The molecule has 0 spiro atoms. The van der Waals surface area contributed by atoms with Crippen LogP contribution in [0.5, 0.6) is 0 Å². The Bertz CT molecular complexity index is 742. The van der Waals surface area contributed by atoms with E-state index < -0.39 is 0 Å². The van der Waals surface area contributed by atoms with E-state index in [1.54, 1.807) is 6.26 Å². The highest BCUT2D eigenvalue weighted by Crippen LogP contribution is 2.21. The second-order valence-corrected chi connectivity index (χ2v) is 7.04. The number of nitrogens with one attached hydrogen (secondary N) is 1. The number of halogens is 1. The molecular weight excluding hydrogens is 453 g/mol. The van der Waals surface area contributed by atoms with Crippen LogP contribution in [0.2, 0.25) is 0 Å². The minimum absolute atomic E-state index is 0. The van der Waals surface area contributed by atoms with Gasteiger partial charge in [0.1, 0.15) is 6.26 Å². The van der Waals surface area contributed by atoms with Crippen LogP contribution >= 0.6 is 24.0 Å². The number of guanidine groups is 1. The molecule has 0 aliphatic carbocycles. The first kappa shape index (κ1) is 20.1. The Balaban J connectivity index is 0.00000210. The molecular formula is C20H28IN5O. The second-order valence-electron chi connectivity index (χ2n) is 7.04. The fraction of sp³-hybridized carbons (Fsp3) is 0.500. The number of rotatable bonds is 4. The summed E-state index contributed by atoms with van der Waals surface area (Å²) in [4.78, 5) is 14.0. The molecule has 27 heavy (non-hydrogen) atoms. The van der Waals surface area contributed by atoms with Gasteiger partial charge in [0.25, 0.3) is 0 Å². The zero-order chi connectivity index (χ0) is 17.8. The summed E-state index contributed by atoms with van der Waals surface area (Å²) < 4.78 is 5.62. The van der Waals surface area contributed by atoms with Gasteiger partial charge in [0.15, 0.2) is 5.96 Å². The Labute approximate surface area is 178 Å². The van der Waals surface area contributed by atoms with Gasteiger partial charge in [0.05, 0.1) is 12.2 Å². The van der Waals surface area contributed by atoms with Gasteiger partial charge in [-0.25, -0.2) is 4.98 Å². The van der Waals surface area contributed by atoms with Crippen molar-refractivity contribution in [3.8, 4) is 11.5 Å². The molecule has 1 unspecified atom stereocenters. The van der Waals surface area contributed by atoms with Crippen LogP contribution in [0.1, 0.15) is 25.0 Å². The van der Waals surface area contributed by atoms with E-state index in [9.17, 15) is 0 Å². The number of hydrogen-bond donors (Lipinski definition) is 1. The fourth-order valence-electron chi connectivity index (χ4n) is 3.94. The smallest absolute Gasteiger partial charge is 0.226 e. The molecule has 2 aromatic rings. The molecule has 2 aliphatic rings. The molecule has 2 fully saturated rings. The molecule has 146 valence electrons. The fourth-order valence-corrected chi connectivity index (χ4v) is 3.94. The third kappa shape index (κ3) is 4.82. The predicted octanol–water partition coefficient (Wildman–Crippen LogP) is 3.21. The molecule has 7 heteroatoms. The molecule has 2 saturated heterocycles. The van der Waals surface area contributed by atoms with Crippen LogP contribution in [0.15, 0.2) is 46.0 Å². The van der Waals surface area contributed by atoms with Gasteiger partial charge in [-0.3, -0.25) is 9.89 Å². The van der Waals surface area contributed by atoms with Crippen molar-refractivity contribution in [3.63, 3.8) is 0 Å². The summed E-state index contributed by atoms with van der Waals surface area (Å²) in [6.45, 7) is 5.26. The van der Waals surface area contributed by atoms with Crippen LogP contribution in [0.25, 0.3) is 11.5 Å². The van der Waals surface area contributed by atoms with Crippen molar-refractivity contribution in [3.05, 3.63) is 42.3 Å². The van der Waals surface area contributed by atoms with Crippen molar-refractivity contribution in [2.75, 3.05) is 33.2 Å². The van der Waals surface area contributed by atoms with E-state index in [1.165, 1.54) is 32.4 Å². The third-order valence-electron chi connectivity index (χ3n) is 5.33. The molecule has 0 bridgehead atoms. The van der Waals surface area contributed by atoms with E-state index in [0.29, 0.717) is 18.5 Å². The van der Waals surface area contributed by atoms with Gasteiger partial charge in [-0.2, -0.15) is 0 Å². The first-order chi connectivity index (χ1) is 12.8. The highest BCUT2D eigenvalue weighted by molar-refractivity contribution is 14.0. The zero-order valence-electron chi connectivity index (χ0n) is 15.8. The Hall–Kier alpha value is -1.61. The molecule has 1 N–H and O–H groups in total. The molecule has 0 radical (unpaired) electrons. The number of aromatic nitrogens is 1. The Morgan fingerprint density at radius 2 is 2.00 bits per heavy atom. The monoisotopic (exact) mass is 481 g/mol. The van der Waals surface area contributed by atoms with E-state index in [-0.39, 0.29) is 24.0 Å². The van der Waals surface area contributed by atoms with E-state index >= 15 is 0 Å². The van der Waals surface area contributed by atoms with Gasteiger partial charge in [0, 0.05) is 31.7 Å². The van der Waals surface area contributed by atoms with Crippen LogP contribution in [0.4, 0.5) is 0 Å². The summed E-state index contributed by atoms with van der Waals surface area (Å²) in [5, 5.41) is 3.44. The maximum Gasteiger partial charge on any atom is 0.226 e. The first-order valence-electron chi connectivity index (χ1n) is 9.53. The summed E-state index contributed by atoms with van der Waals surface area (Å²) >= 11 is 0. The van der Waals surface area contributed by atoms with Crippen LogP contribution in [0, 0.1) is 0 Å². The van der Waals surface area contributed by atoms with Crippen molar-refractivity contribution in [1.29, 1.82) is 0 Å². The summed E-state index contributed by atoms with van der Waals surface area (Å²) in [6.07, 6.45) is 5.64. The highest BCUT2D eigenvalue weighted by atomic mass is 127. The molecule has 3 heterocycles. The Morgan fingerprint density at radius 1 is 1.22 bits per heavy atom. The van der Waals surface area contributed by atoms with Crippen molar-refractivity contribution in [2.24, 2.45) is 4.99 Å². The van der Waals surface area contributed by atoms with Crippen LogP contribution in [0.3, 0.4) is 0 Å². The molecule has 0 amide bonds. The van der Waals surface area contributed by atoms with E-state index in [0.717, 1.165) is 30.3 Å². The van der Waals surface area contributed by atoms with Crippen molar-refractivity contribution < 1.29 is 4.42 Å². The van der Waals surface area contributed by atoms with E-state index in [4.69, 9.17) is 4.42 Å². The van der Waals surface area contributed by atoms with Crippen molar-refractivity contribution >= 4 is 29.9 Å². The first-order valence-corrected chi connectivity index (χ1v) is 9.53. The molecule has 1 aromatic carbocycles. The minimum atomic E-state index is 0. The summed E-state index contributed by atoms with van der Waals surface area (Å²) in [6, 6.07) is 10.7. The number of benzene rings is 1. The Morgan fingerprint density at radius 3 is 2.74 bits per heavy atom. The molecule has 1 atom stereocenters. The van der Waals surface area contributed by atoms with Crippen molar-refractivity contribution in [1.82, 2.24) is 20.1 Å². The molecule has 1 aromatic heterocycles. The minimum Gasteiger partial charge on any atom is -0.444 e. The van der Waals surface area contributed by atoms with Gasteiger partial charge < -0.3 is 14.6 Å². The van der Waals surface area contributed by atoms with Gasteiger partial charge in [-0.1, -0.05) is 18.2 Å². The SMILES string of the molecule is CN=C(NCc1coc(-c2ccccc2)n1)N1CCC(N2CCCC2)C1.I. The highest BCUT2D eigenvalue weighted by Gasteiger charge is 2.30. The van der Waals surface area contributed by atoms with E-state index in [1.807, 2.05) is 37.4 Å². The second kappa shape index (κ2) is 9.54. The lowest BCUT2D eigenvalue weighted by molar-refractivity contribution is 0.249. The average molecular weight is 481 g/mol. The molecule has 6 nitrogen and oxygen atoms in total. The van der Waals surface area contributed by atoms with Gasteiger partial charge in [-0.15, -0.1) is 24.0 Å². The lowest BCUT2D eigenvalue weighted by Crippen LogP contribution is -2.42. The van der Waals surface area contributed by atoms with Crippen LogP contribution in [-0.4, -0.2) is 60.0 Å². The quantitative estimate of drug-likeness (QED) is 0.413. The zero-order valence-corrected chi connectivity index (χ0v) is 18.1. The molecule has 4 rings (SSSR count). The van der Waals surface area contributed by atoms with Gasteiger partial charge in [0.2, 0.25) is 5.89 Å². The van der Waals surface area contributed by atoms with Crippen LogP contribution in [-0.2, 0) is 6.54 Å². The number of nitrogens with zero attached hydrogens (tertiary/aromatic N) is 4. The number of oxazole rings is 1. The summed E-state index contributed by atoms with van der Waals surface area (Å²) in [7, 11) is 1.85. The standard InChI is InChI=1S/C20H27N5O.HI/c1-21-20(25-12-9-18(14-25)24-10-5-6-11-24)22-13-17-15-26-19(23-17)16-7-3-2-4-8-16;/h2-4,7-8,15,18H,5-6,9-14H2,1H3,(H,21,22);1H. The third-order valence-corrected chi connectivity index (χ3v) is 5.33. The van der Waals surface area contributed by atoms with Gasteiger partial charge >= 0.3 is 0 Å². The normalized spacial score (nSPS) is 20.7. The largest absolute Gasteiger partial charge is 0.444 e. The average Bonchev–Trinajstić information content (AvgIpc) is 3.44. The Kier molecular flexibility index (Phi) is 7.12. The van der Waals surface area contributed by atoms with Gasteiger partial charge in [-0.05, 0) is 44.5 Å².